The van der Waals surface area contributed by atoms with Crippen LogP contribution in [0.1, 0.15) is 30.0 Å². The number of aromatic amines is 1. The zero-order chi connectivity index (χ0) is 15.7. The van der Waals surface area contributed by atoms with Gasteiger partial charge < -0.3 is 0 Å². The number of H-pyrrole nitrogens is 1. The van der Waals surface area contributed by atoms with E-state index in [0.717, 1.165) is 30.2 Å². The van der Waals surface area contributed by atoms with Gasteiger partial charge in [-0.1, -0.05) is 6.07 Å². The average molecular weight is 323 g/mol. The Kier molecular flexibility index (Phi) is 4.01. The number of nitrogens with zero attached hydrogens (tertiary/aromatic N) is 2. The molecule has 0 radical (unpaired) electrons. The Bertz CT molecular complexity index is 773. The molecule has 1 N–H and O–H groups in total. The highest BCUT2D eigenvalue weighted by Gasteiger charge is 2.32. The Morgan fingerprint density at radius 2 is 2.23 bits per heavy atom. The van der Waals surface area contributed by atoms with E-state index in [9.17, 15) is 12.8 Å². The van der Waals surface area contributed by atoms with E-state index in [0.29, 0.717) is 13.1 Å². The molecule has 5 nitrogen and oxygen atoms in total. The quantitative estimate of drug-likeness (QED) is 0.943. The molecule has 1 aromatic heterocycles. The maximum absolute atomic E-state index is 13.3. The number of rotatable bonds is 3. The van der Waals surface area contributed by atoms with Gasteiger partial charge in [0.05, 0.1) is 11.1 Å². The molecule has 7 heteroatoms. The topological polar surface area (TPSA) is 66.1 Å². The van der Waals surface area contributed by atoms with Crippen LogP contribution in [0.3, 0.4) is 0 Å². The van der Waals surface area contributed by atoms with Gasteiger partial charge >= 0.3 is 0 Å². The van der Waals surface area contributed by atoms with Crippen molar-refractivity contribution in [3.8, 4) is 0 Å². The minimum Gasteiger partial charge on any atom is -0.282 e. The zero-order valence-corrected chi connectivity index (χ0v) is 13.1. The van der Waals surface area contributed by atoms with Gasteiger partial charge in [0.25, 0.3) is 0 Å². The molecule has 0 saturated carbocycles. The van der Waals surface area contributed by atoms with E-state index in [1.807, 2.05) is 6.92 Å². The third-order valence-corrected chi connectivity index (χ3v) is 5.96. The molecule has 2 heterocycles. The van der Waals surface area contributed by atoms with Crippen molar-refractivity contribution in [1.82, 2.24) is 14.5 Å². The first-order chi connectivity index (χ1) is 10.5. The summed E-state index contributed by atoms with van der Waals surface area (Å²) in [7, 11) is -3.66. The van der Waals surface area contributed by atoms with Gasteiger partial charge in [0, 0.05) is 24.7 Å². The molecule has 0 unspecified atom stereocenters. The molecule has 2 aromatic rings. The van der Waals surface area contributed by atoms with Crippen molar-refractivity contribution >= 4 is 10.0 Å². The first-order valence-electron chi connectivity index (χ1n) is 7.24. The van der Waals surface area contributed by atoms with Crippen LogP contribution in [0.15, 0.2) is 35.4 Å². The third kappa shape index (κ3) is 2.78. The Morgan fingerprint density at radius 3 is 2.91 bits per heavy atom. The Balaban J connectivity index is 1.87. The number of aromatic nitrogens is 2. The lowest BCUT2D eigenvalue weighted by atomic mass is 9.94. The maximum atomic E-state index is 13.3. The van der Waals surface area contributed by atoms with Gasteiger partial charge in [-0.05, 0) is 43.5 Å². The van der Waals surface area contributed by atoms with Crippen molar-refractivity contribution in [2.24, 2.45) is 0 Å². The van der Waals surface area contributed by atoms with Crippen LogP contribution in [0.4, 0.5) is 4.39 Å². The molecule has 3 rings (SSSR count). The van der Waals surface area contributed by atoms with Crippen LogP contribution >= 0.6 is 0 Å². The summed E-state index contributed by atoms with van der Waals surface area (Å²) in [4.78, 5) is 0.00878. The van der Waals surface area contributed by atoms with Crippen molar-refractivity contribution in [1.29, 1.82) is 0 Å². The van der Waals surface area contributed by atoms with E-state index in [1.165, 1.54) is 22.5 Å². The molecule has 1 fully saturated rings. The highest BCUT2D eigenvalue weighted by molar-refractivity contribution is 7.89. The summed E-state index contributed by atoms with van der Waals surface area (Å²) in [6.07, 6.45) is 3.44. The van der Waals surface area contributed by atoms with E-state index in [4.69, 9.17) is 0 Å². The van der Waals surface area contributed by atoms with Crippen molar-refractivity contribution in [3.05, 3.63) is 47.5 Å². The number of halogens is 1. The SMILES string of the molecule is Cc1cn[nH]c1[C@@H]1CCCN(S(=O)(=O)c2cccc(F)c2)C1. The summed E-state index contributed by atoms with van der Waals surface area (Å²) in [6.45, 7) is 2.81. The third-order valence-electron chi connectivity index (χ3n) is 4.09. The predicted molar refractivity (Wildman–Crippen MR) is 80.5 cm³/mol. The number of sulfonamides is 1. The highest BCUT2D eigenvalue weighted by atomic mass is 32.2. The van der Waals surface area contributed by atoms with Crippen molar-refractivity contribution in [3.63, 3.8) is 0 Å². The normalized spacial score (nSPS) is 20.2. The fourth-order valence-corrected chi connectivity index (χ4v) is 4.50. The van der Waals surface area contributed by atoms with Crippen LogP contribution in [-0.4, -0.2) is 36.0 Å². The lowest BCUT2D eigenvalue weighted by Crippen LogP contribution is -2.39. The first kappa shape index (κ1) is 15.2. The molecule has 0 spiro atoms. The van der Waals surface area contributed by atoms with Gasteiger partial charge in [-0.15, -0.1) is 0 Å². The summed E-state index contributed by atoms with van der Waals surface area (Å²) >= 11 is 0. The van der Waals surface area contributed by atoms with Crippen LogP contribution in [-0.2, 0) is 10.0 Å². The molecule has 118 valence electrons. The number of hydrogen-bond donors (Lipinski definition) is 1. The van der Waals surface area contributed by atoms with Crippen LogP contribution in [0, 0.1) is 12.7 Å². The molecule has 1 aliphatic rings. The van der Waals surface area contributed by atoms with Crippen LogP contribution in [0.25, 0.3) is 0 Å². The first-order valence-corrected chi connectivity index (χ1v) is 8.68. The molecule has 1 saturated heterocycles. The van der Waals surface area contributed by atoms with Crippen molar-refractivity contribution in [2.45, 2.75) is 30.6 Å². The minimum absolute atomic E-state index is 0.00878. The zero-order valence-electron chi connectivity index (χ0n) is 12.3. The second kappa shape index (κ2) is 5.81. The van der Waals surface area contributed by atoms with E-state index < -0.39 is 15.8 Å². The number of piperidine rings is 1. The van der Waals surface area contributed by atoms with E-state index in [2.05, 4.69) is 10.2 Å². The van der Waals surface area contributed by atoms with Gasteiger partial charge in [0.1, 0.15) is 5.82 Å². The molecule has 22 heavy (non-hydrogen) atoms. The lowest BCUT2D eigenvalue weighted by molar-refractivity contribution is 0.312. The lowest BCUT2D eigenvalue weighted by Gasteiger charge is -2.31. The molecule has 0 aliphatic carbocycles. The second-order valence-electron chi connectivity index (χ2n) is 5.63. The van der Waals surface area contributed by atoms with Crippen molar-refractivity contribution in [2.75, 3.05) is 13.1 Å². The van der Waals surface area contributed by atoms with E-state index in [1.54, 1.807) is 6.20 Å². The van der Waals surface area contributed by atoms with Crippen LogP contribution < -0.4 is 0 Å². The highest BCUT2D eigenvalue weighted by Crippen LogP contribution is 2.30. The van der Waals surface area contributed by atoms with Gasteiger partial charge in [-0.25, -0.2) is 12.8 Å². The summed E-state index contributed by atoms with van der Waals surface area (Å²) in [6, 6.07) is 5.17. The predicted octanol–water partition coefficient (Wildman–Crippen LogP) is 2.43. The number of nitrogens with one attached hydrogen (secondary N) is 1. The Morgan fingerprint density at radius 1 is 1.41 bits per heavy atom. The van der Waals surface area contributed by atoms with Gasteiger partial charge in [0.15, 0.2) is 0 Å². The number of aryl methyl sites for hydroxylation is 1. The fraction of sp³-hybridized carbons (Fsp3) is 0.400. The Labute approximate surface area is 129 Å². The summed E-state index contributed by atoms with van der Waals surface area (Å²) < 4.78 is 40.1. The minimum atomic E-state index is -3.66. The number of benzene rings is 1. The largest absolute Gasteiger partial charge is 0.282 e. The maximum Gasteiger partial charge on any atom is 0.243 e. The van der Waals surface area contributed by atoms with Gasteiger partial charge in [-0.2, -0.15) is 9.40 Å². The Hall–Kier alpha value is -1.73. The molecular weight excluding hydrogens is 305 g/mol. The average Bonchev–Trinajstić information content (AvgIpc) is 2.93. The van der Waals surface area contributed by atoms with Crippen LogP contribution in [0.5, 0.6) is 0 Å². The molecule has 1 aliphatic heterocycles. The van der Waals surface area contributed by atoms with E-state index in [-0.39, 0.29) is 10.8 Å². The monoisotopic (exact) mass is 323 g/mol. The summed E-state index contributed by atoms with van der Waals surface area (Å²) in [5.41, 5.74) is 2.02. The fourth-order valence-electron chi connectivity index (χ4n) is 2.94. The van der Waals surface area contributed by atoms with Crippen molar-refractivity contribution < 1.29 is 12.8 Å². The van der Waals surface area contributed by atoms with Crippen LogP contribution in [0.2, 0.25) is 0 Å². The summed E-state index contributed by atoms with van der Waals surface area (Å²) in [5.74, 6) is -0.446. The smallest absolute Gasteiger partial charge is 0.243 e. The molecule has 1 atom stereocenters. The summed E-state index contributed by atoms with van der Waals surface area (Å²) in [5, 5.41) is 6.98. The standard InChI is InChI=1S/C15H18FN3O2S/c1-11-9-17-18-15(11)12-4-3-7-19(10-12)22(20,21)14-6-2-5-13(16)8-14/h2,5-6,8-9,12H,3-4,7,10H2,1H3,(H,17,18)/t12-/m1/s1. The molecule has 1 aromatic carbocycles. The molecular formula is C15H18FN3O2S. The molecule has 0 bridgehead atoms. The van der Waals surface area contributed by atoms with Gasteiger partial charge in [-0.3, -0.25) is 5.10 Å². The number of hydrogen-bond acceptors (Lipinski definition) is 3. The van der Waals surface area contributed by atoms with E-state index >= 15 is 0 Å². The van der Waals surface area contributed by atoms with Gasteiger partial charge in [0.2, 0.25) is 10.0 Å². The molecule has 0 amide bonds. The second-order valence-corrected chi connectivity index (χ2v) is 7.56.